The Morgan fingerprint density at radius 2 is 1.86 bits per heavy atom. The zero-order chi connectivity index (χ0) is 15.1. The van der Waals surface area contributed by atoms with Crippen LogP contribution < -0.4 is 14.8 Å². The van der Waals surface area contributed by atoms with E-state index in [4.69, 9.17) is 9.47 Å². The van der Waals surface area contributed by atoms with E-state index in [0.29, 0.717) is 6.42 Å². The molecule has 1 spiro atoms. The molecule has 3 rings (SSSR count). The van der Waals surface area contributed by atoms with Crippen molar-refractivity contribution in [3.63, 3.8) is 0 Å². The maximum Gasteiger partial charge on any atom is 0.251 e. The maximum absolute atomic E-state index is 12.0. The zero-order valence-corrected chi connectivity index (χ0v) is 13.0. The largest absolute Gasteiger partial charge is 0.448 e. The van der Waals surface area contributed by atoms with Crippen LogP contribution in [-0.2, 0) is 4.79 Å². The Bertz CT molecular complexity index is 554. The summed E-state index contributed by atoms with van der Waals surface area (Å²) in [6, 6.07) is 5.62. The SMILES string of the molecule is CC(C)(C)CC(=O)Nc1ccc2c(c1)OC1(CCCC1)O2. The van der Waals surface area contributed by atoms with Crippen molar-refractivity contribution in [2.24, 2.45) is 5.41 Å². The molecule has 1 N–H and O–H groups in total. The summed E-state index contributed by atoms with van der Waals surface area (Å²) in [5.41, 5.74) is 0.746. The number of anilines is 1. The van der Waals surface area contributed by atoms with Gasteiger partial charge in [-0.05, 0) is 30.4 Å². The second kappa shape index (κ2) is 4.93. The molecule has 0 atom stereocenters. The topological polar surface area (TPSA) is 47.6 Å². The first-order valence-electron chi connectivity index (χ1n) is 7.67. The lowest BCUT2D eigenvalue weighted by Gasteiger charge is -2.21. The lowest BCUT2D eigenvalue weighted by Crippen LogP contribution is -2.34. The minimum Gasteiger partial charge on any atom is -0.448 e. The fourth-order valence-electron chi connectivity index (χ4n) is 2.98. The summed E-state index contributed by atoms with van der Waals surface area (Å²) in [6.45, 7) is 6.15. The average Bonchev–Trinajstić information content (AvgIpc) is 2.93. The number of nitrogens with one attached hydrogen (secondary N) is 1. The van der Waals surface area contributed by atoms with Crippen molar-refractivity contribution in [1.29, 1.82) is 0 Å². The lowest BCUT2D eigenvalue weighted by molar-refractivity contribution is -0.117. The fraction of sp³-hybridized carbons (Fsp3) is 0.588. The first-order valence-corrected chi connectivity index (χ1v) is 7.67. The van der Waals surface area contributed by atoms with Crippen LogP contribution in [0, 0.1) is 5.41 Å². The molecule has 1 aromatic carbocycles. The standard InChI is InChI=1S/C17H23NO3/c1-16(2,3)11-15(19)18-12-6-7-13-14(10-12)21-17(20-13)8-4-5-9-17/h6-7,10H,4-5,8-9,11H2,1-3H3,(H,18,19). The maximum atomic E-state index is 12.0. The summed E-state index contributed by atoms with van der Waals surface area (Å²) < 4.78 is 12.0. The first kappa shape index (κ1) is 14.2. The Balaban J connectivity index is 1.69. The van der Waals surface area contributed by atoms with E-state index < -0.39 is 5.79 Å². The normalized spacial score (nSPS) is 19.0. The molecule has 4 nitrogen and oxygen atoms in total. The van der Waals surface area contributed by atoms with Crippen LogP contribution in [0.25, 0.3) is 0 Å². The smallest absolute Gasteiger partial charge is 0.251 e. The molecule has 1 heterocycles. The highest BCUT2D eigenvalue weighted by Crippen LogP contribution is 2.47. The van der Waals surface area contributed by atoms with Crippen molar-refractivity contribution in [3.8, 4) is 11.5 Å². The molecule has 4 heteroatoms. The van der Waals surface area contributed by atoms with Crippen LogP contribution in [0.4, 0.5) is 5.69 Å². The van der Waals surface area contributed by atoms with Crippen LogP contribution in [0.1, 0.15) is 52.9 Å². The van der Waals surface area contributed by atoms with E-state index in [0.717, 1.165) is 42.9 Å². The lowest BCUT2D eigenvalue weighted by atomic mass is 9.92. The van der Waals surface area contributed by atoms with Crippen molar-refractivity contribution in [2.45, 2.75) is 58.7 Å². The third-order valence-electron chi connectivity index (χ3n) is 3.88. The molecule has 114 valence electrons. The number of amides is 1. The highest BCUT2D eigenvalue weighted by Gasteiger charge is 2.44. The minimum absolute atomic E-state index is 0.0195. The Labute approximate surface area is 125 Å². The number of hydrogen-bond donors (Lipinski definition) is 1. The highest BCUT2D eigenvalue weighted by molar-refractivity contribution is 5.91. The van der Waals surface area contributed by atoms with Gasteiger partial charge in [0.15, 0.2) is 11.5 Å². The van der Waals surface area contributed by atoms with E-state index in [-0.39, 0.29) is 11.3 Å². The van der Waals surface area contributed by atoms with Crippen molar-refractivity contribution in [1.82, 2.24) is 0 Å². The van der Waals surface area contributed by atoms with E-state index >= 15 is 0 Å². The van der Waals surface area contributed by atoms with Crippen LogP contribution in [0.2, 0.25) is 0 Å². The van der Waals surface area contributed by atoms with Gasteiger partial charge >= 0.3 is 0 Å². The Hall–Kier alpha value is -1.71. The van der Waals surface area contributed by atoms with E-state index in [1.807, 2.05) is 18.2 Å². The summed E-state index contributed by atoms with van der Waals surface area (Å²) >= 11 is 0. The molecule has 2 aliphatic rings. The van der Waals surface area contributed by atoms with Gasteiger partial charge in [0.2, 0.25) is 5.91 Å². The average molecular weight is 289 g/mol. The third kappa shape index (κ3) is 3.14. The number of benzene rings is 1. The van der Waals surface area contributed by atoms with Crippen LogP contribution >= 0.6 is 0 Å². The molecular weight excluding hydrogens is 266 g/mol. The van der Waals surface area contributed by atoms with Crippen LogP contribution in [0.15, 0.2) is 18.2 Å². The van der Waals surface area contributed by atoms with E-state index in [1.165, 1.54) is 0 Å². The Morgan fingerprint density at radius 1 is 1.19 bits per heavy atom. The molecule has 1 aliphatic carbocycles. The number of rotatable bonds is 2. The van der Waals surface area contributed by atoms with E-state index in [1.54, 1.807) is 0 Å². The van der Waals surface area contributed by atoms with Gasteiger partial charge in [-0.3, -0.25) is 4.79 Å². The molecule has 1 aliphatic heterocycles. The van der Waals surface area contributed by atoms with Crippen molar-refractivity contribution < 1.29 is 14.3 Å². The summed E-state index contributed by atoms with van der Waals surface area (Å²) in [7, 11) is 0. The predicted molar refractivity (Wildman–Crippen MR) is 81.6 cm³/mol. The van der Waals surface area contributed by atoms with Crippen molar-refractivity contribution >= 4 is 11.6 Å². The molecule has 0 unspecified atom stereocenters. The molecule has 1 aromatic rings. The molecular formula is C17H23NO3. The highest BCUT2D eigenvalue weighted by atomic mass is 16.7. The zero-order valence-electron chi connectivity index (χ0n) is 13.0. The van der Waals surface area contributed by atoms with Gasteiger partial charge in [0, 0.05) is 31.0 Å². The second-order valence-electron chi connectivity index (χ2n) is 7.27. The number of carbonyl (C=O) groups is 1. The Kier molecular flexibility index (Phi) is 3.34. The van der Waals surface area contributed by atoms with Crippen LogP contribution in [-0.4, -0.2) is 11.7 Å². The van der Waals surface area contributed by atoms with Crippen molar-refractivity contribution in [2.75, 3.05) is 5.32 Å². The molecule has 1 saturated carbocycles. The van der Waals surface area contributed by atoms with Crippen LogP contribution in [0.3, 0.4) is 0 Å². The second-order valence-corrected chi connectivity index (χ2v) is 7.27. The van der Waals surface area contributed by atoms with Crippen molar-refractivity contribution in [3.05, 3.63) is 18.2 Å². The van der Waals surface area contributed by atoms with Gasteiger partial charge in [-0.25, -0.2) is 0 Å². The van der Waals surface area contributed by atoms with Crippen LogP contribution in [0.5, 0.6) is 11.5 Å². The van der Waals surface area contributed by atoms with Gasteiger partial charge in [-0.1, -0.05) is 20.8 Å². The molecule has 0 radical (unpaired) electrons. The van der Waals surface area contributed by atoms with E-state index in [2.05, 4.69) is 26.1 Å². The number of fused-ring (bicyclic) bond motifs is 1. The van der Waals surface area contributed by atoms with Gasteiger partial charge in [0.05, 0.1) is 0 Å². The summed E-state index contributed by atoms with van der Waals surface area (Å²) in [6.07, 6.45) is 4.65. The van der Waals surface area contributed by atoms with Gasteiger partial charge in [0.25, 0.3) is 5.79 Å². The summed E-state index contributed by atoms with van der Waals surface area (Å²) in [4.78, 5) is 12.0. The molecule has 0 saturated heterocycles. The number of carbonyl (C=O) groups excluding carboxylic acids is 1. The third-order valence-corrected chi connectivity index (χ3v) is 3.88. The summed E-state index contributed by atoms with van der Waals surface area (Å²) in [5.74, 6) is 1.10. The molecule has 0 aromatic heterocycles. The predicted octanol–water partition coefficient (Wildman–Crippen LogP) is 4.10. The fourth-order valence-corrected chi connectivity index (χ4v) is 2.98. The molecule has 1 fully saturated rings. The molecule has 0 bridgehead atoms. The first-order chi connectivity index (χ1) is 9.85. The summed E-state index contributed by atoms with van der Waals surface area (Å²) in [5, 5.41) is 2.93. The minimum atomic E-state index is -0.448. The molecule has 1 amide bonds. The van der Waals surface area contributed by atoms with E-state index in [9.17, 15) is 4.79 Å². The molecule has 21 heavy (non-hydrogen) atoms. The van der Waals surface area contributed by atoms with Gasteiger partial charge in [0.1, 0.15) is 0 Å². The number of hydrogen-bond acceptors (Lipinski definition) is 3. The van der Waals surface area contributed by atoms with Gasteiger partial charge in [-0.2, -0.15) is 0 Å². The number of ether oxygens (including phenoxy) is 2. The van der Waals surface area contributed by atoms with Gasteiger partial charge < -0.3 is 14.8 Å². The monoisotopic (exact) mass is 289 g/mol. The quantitative estimate of drug-likeness (QED) is 0.891. The van der Waals surface area contributed by atoms with Gasteiger partial charge in [-0.15, -0.1) is 0 Å². The Morgan fingerprint density at radius 3 is 2.52 bits per heavy atom.